The summed E-state index contributed by atoms with van der Waals surface area (Å²) >= 11 is 0. The number of para-hydroxylation sites is 2. The molecule has 0 N–H and O–H groups in total. The molecule has 32 heavy (non-hydrogen) atoms. The molecular weight excluding hydrogens is 423 g/mol. The molecule has 1 saturated heterocycles. The monoisotopic (exact) mass is 443 g/mol. The summed E-state index contributed by atoms with van der Waals surface area (Å²) in [7, 11) is 0. The van der Waals surface area contributed by atoms with Crippen molar-refractivity contribution >= 4 is 35.1 Å². The number of halogens is 3. The van der Waals surface area contributed by atoms with Crippen LogP contribution in [0, 0.1) is 5.92 Å². The molecule has 1 aliphatic heterocycles. The van der Waals surface area contributed by atoms with Crippen LogP contribution in [0.15, 0.2) is 54.6 Å². The number of nitrogens with zero attached hydrogens (tertiary/aromatic N) is 3. The summed E-state index contributed by atoms with van der Waals surface area (Å²) < 4.78 is 38.9. The van der Waals surface area contributed by atoms with E-state index in [1.54, 1.807) is 10.8 Å². The van der Waals surface area contributed by atoms with Crippen LogP contribution in [0.5, 0.6) is 0 Å². The number of aromatic nitrogens is 2. The van der Waals surface area contributed by atoms with Gasteiger partial charge in [-0.15, -0.1) is 5.06 Å². The van der Waals surface area contributed by atoms with Gasteiger partial charge in [0.25, 0.3) is 0 Å². The Kier molecular flexibility index (Phi) is 6.09. The highest BCUT2D eigenvalue weighted by Gasteiger charge is 2.43. The predicted molar refractivity (Wildman–Crippen MR) is 112 cm³/mol. The van der Waals surface area contributed by atoms with Crippen LogP contribution in [0.3, 0.4) is 0 Å². The minimum absolute atomic E-state index is 0.0400. The Balaban J connectivity index is 1.53. The van der Waals surface area contributed by atoms with Crippen LogP contribution in [0.25, 0.3) is 23.3 Å². The van der Waals surface area contributed by atoms with Crippen LogP contribution in [-0.4, -0.2) is 45.6 Å². The maximum Gasteiger partial charge on any atom is 0.492 e. The van der Waals surface area contributed by atoms with Crippen molar-refractivity contribution in [2.45, 2.75) is 19.0 Å². The van der Waals surface area contributed by atoms with Crippen molar-refractivity contribution in [3.05, 3.63) is 66.0 Å². The molecule has 2 heterocycles. The highest BCUT2D eigenvalue weighted by Crippen LogP contribution is 2.26. The second kappa shape index (κ2) is 8.96. The molecule has 0 bridgehead atoms. The molecule has 3 aromatic rings. The molecule has 0 aliphatic carbocycles. The molecule has 1 fully saturated rings. The van der Waals surface area contributed by atoms with Gasteiger partial charge >= 0.3 is 12.1 Å². The molecule has 1 aromatic heterocycles. The van der Waals surface area contributed by atoms with Crippen LogP contribution in [0.2, 0.25) is 0 Å². The summed E-state index contributed by atoms with van der Waals surface area (Å²) in [5.41, 5.74) is 2.41. The zero-order chi connectivity index (χ0) is 22.7. The minimum Gasteiger partial charge on any atom is -0.361 e. The van der Waals surface area contributed by atoms with E-state index in [0.717, 1.165) is 16.1 Å². The van der Waals surface area contributed by atoms with Gasteiger partial charge in [0, 0.05) is 25.2 Å². The lowest BCUT2D eigenvalue weighted by atomic mass is 9.93. The van der Waals surface area contributed by atoms with E-state index in [2.05, 4.69) is 9.82 Å². The molecule has 166 valence electrons. The lowest BCUT2D eigenvalue weighted by molar-refractivity contribution is -0.241. The number of imidazole rings is 1. The number of piperidine rings is 1. The van der Waals surface area contributed by atoms with Gasteiger partial charge in [0.2, 0.25) is 5.78 Å². The van der Waals surface area contributed by atoms with Crippen molar-refractivity contribution in [2.75, 3.05) is 13.1 Å². The average Bonchev–Trinajstić information content (AvgIpc) is 3.16. The number of carbonyl (C=O) groups excluding carboxylic acids is 2. The third-order valence-corrected chi connectivity index (χ3v) is 5.30. The van der Waals surface area contributed by atoms with Gasteiger partial charge in [-0.3, -0.25) is 9.36 Å². The third-order valence-electron chi connectivity index (χ3n) is 5.30. The maximum absolute atomic E-state index is 13.3. The fraction of sp³-hybridized carbons (Fsp3) is 0.261. The molecule has 0 saturated carbocycles. The number of benzene rings is 2. The van der Waals surface area contributed by atoms with E-state index in [0.29, 0.717) is 5.52 Å². The second-order valence-corrected chi connectivity index (χ2v) is 7.46. The van der Waals surface area contributed by atoms with Crippen LogP contribution in [0.1, 0.15) is 29.0 Å². The number of ketones is 1. The van der Waals surface area contributed by atoms with Gasteiger partial charge < -0.3 is 4.84 Å². The summed E-state index contributed by atoms with van der Waals surface area (Å²) in [5, 5.41) is 0.956. The van der Waals surface area contributed by atoms with Crippen molar-refractivity contribution in [2.24, 2.45) is 5.92 Å². The summed E-state index contributed by atoms with van der Waals surface area (Å²) in [6, 6.07) is 17.0. The summed E-state index contributed by atoms with van der Waals surface area (Å²) in [4.78, 5) is 33.2. The van der Waals surface area contributed by atoms with Crippen molar-refractivity contribution in [1.82, 2.24) is 14.6 Å². The molecule has 0 unspecified atom stereocenters. The normalized spacial score (nSPS) is 16.0. The number of hydrogen-bond acceptors (Lipinski definition) is 5. The van der Waals surface area contributed by atoms with Gasteiger partial charge in [0.1, 0.15) is 0 Å². The van der Waals surface area contributed by atoms with Crippen LogP contribution in [-0.2, 0) is 9.63 Å². The van der Waals surface area contributed by atoms with Crippen LogP contribution < -0.4 is 0 Å². The molecule has 0 radical (unpaired) electrons. The summed E-state index contributed by atoms with van der Waals surface area (Å²) in [5.74, 6) is -2.61. The van der Waals surface area contributed by atoms with Gasteiger partial charge in [-0.2, -0.15) is 13.2 Å². The lowest BCUT2D eigenvalue weighted by Crippen LogP contribution is -2.41. The summed E-state index contributed by atoms with van der Waals surface area (Å²) in [6.07, 6.45) is -0.865. The van der Waals surface area contributed by atoms with Crippen molar-refractivity contribution < 1.29 is 27.6 Å². The highest BCUT2D eigenvalue weighted by atomic mass is 19.4. The van der Waals surface area contributed by atoms with Gasteiger partial charge in [-0.1, -0.05) is 42.5 Å². The first-order valence-corrected chi connectivity index (χ1v) is 10.1. The van der Waals surface area contributed by atoms with E-state index in [-0.39, 0.29) is 37.5 Å². The zero-order valence-electron chi connectivity index (χ0n) is 17.0. The lowest BCUT2D eigenvalue weighted by Gasteiger charge is -2.29. The number of alkyl halides is 3. The minimum atomic E-state index is -5.05. The quantitative estimate of drug-likeness (QED) is 0.540. The Morgan fingerprint density at radius 2 is 1.66 bits per heavy atom. The predicted octanol–water partition coefficient (Wildman–Crippen LogP) is 4.58. The number of hydrogen-bond donors (Lipinski definition) is 0. The van der Waals surface area contributed by atoms with Gasteiger partial charge in [0.05, 0.1) is 11.0 Å². The molecule has 0 atom stereocenters. The van der Waals surface area contributed by atoms with E-state index in [4.69, 9.17) is 0 Å². The SMILES string of the molecule is O=C(c1nc2ccccc2n1/C=C\c1ccccc1)C1CCN(OC(=O)C(F)(F)F)CC1. The molecule has 2 aromatic carbocycles. The number of hydroxylamine groups is 2. The van der Waals surface area contributed by atoms with Crippen molar-refractivity contribution in [3.63, 3.8) is 0 Å². The Hall–Kier alpha value is -3.46. The van der Waals surface area contributed by atoms with Crippen molar-refractivity contribution in [3.8, 4) is 0 Å². The third kappa shape index (κ3) is 4.72. The first-order chi connectivity index (χ1) is 15.3. The Bertz CT molecular complexity index is 1150. The maximum atomic E-state index is 13.3. The first kappa shape index (κ1) is 21.8. The van der Waals surface area contributed by atoms with Gasteiger partial charge in [-0.05, 0) is 36.6 Å². The first-order valence-electron chi connectivity index (χ1n) is 10.1. The molecule has 6 nitrogen and oxygen atoms in total. The van der Waals surface area contributed by atoms with E-state index in [9.17, 15) is 22.8 Å². The molecule has 0 amide bonds. The second-order valence-electron chi connectivity index (χ2n) is 7.46. The molecule has 0 spiro atoms. The smallest absolute Gasteiger partial charge is 0.361 e. The molecular formula is C23H20F3N3O3. The van der Waals surface area contributed by atoms with Crippen LogP contribution >= 0.6 is 0 Å². The molecule has 1 aliphatic rings. The average molecular weight is 443 g/mol. The number of carbonyl (C=O) groups is 2. The number of Topliss-reactive ketones (excluding diaryl/α,β-unsaturated/α-hetero) is 1. The van der Waals surface area contributed by atoms with Gasteiger partial charge in [-0.25, -0.2) is 9.78 Å². The van der Waals surface area contributed by atoms with Crippen molar-refractivity contribution in [1.29, 1.82) is 0 Å². The summed E-state index contributed by atoms with van der Waals surface area (Å²) in [6.45, 7) is 0.0800. The Morgan fingerprint density at radius 3 is 2.34 bits per heavy atom. The van der Waals surface area contributed by atoms with E-state index < -0.39 is 18.1 Å². The largest absolute Gasteiger partial charge is 0.492 e. The number of rotatable bonds is 5. The number of fused-ring (bicyclic) bond motifs is 1. The van der Waals surface area contributed by atoms with Gasteiger partial charge in [0.15, 0.2) is 5.82 Å². The topological polar surface area (TPSA) is 64.4 Å². The Morgan fingerprint density at radius 1 is 1.00 bits per heavy atom. The van der Waals surface area contributed by atoms with E-state index in [1.807, 2.05) is 60.7 Å². The fourth-order valence-electron chi connectivity index (χ4n) is 3.65. The Labute approximate surface area is 181 Å². The van der Waals surface area contributed by atoms with Crippen LogP contribution in [0.4, 0.5) is 13.2 Å². The standard InChI is InChI=1S/C23H20F3N3O3/c24-23(25,26)22(31)32-28-13-11-17(12-14-28)20(30)21-27-18-8-4-5-9-19(18)29(21)15-10-16-6-2-1-3-7-16/h1-10,15,17H,11-14H2/b15-10-. The zero-order valence-corrected chi connectivity index (χ0v) is 17.0. The molecule has 4 rings (SSSR count). The molecule has 9 heteroatoms. The fourth-order valence-corrected chi connectivity index (χ4v) is 3.65. The van der Waals surface area contributed by atoms with E-state index >= 15 is 0 Å². The highest BCUT2D eigenvalue weighted by molar-refractivity contribution is 5.99. The van der Waals surface area contributed by atoms with E-state index in [1.165, 1.54) is 0 Å².